The number of carboxylic acid groups (broad SMARTS) is 1. The van der Waals surface area contributed by atoms with Crippen LogP contribution in [-0.2, 0) is 29.7 Å². The van der Waals surface area contributed by atoms with Crippen LogP contribution in [0.5, 0.6) is 5.75 Å². The normalized spacial score (nSPS) is 16.5. The molecule has 0 radical (unpaired) electrons. The number of aliphatic hydroxyl groups is 1. The Morgan fingerprint density at radius 2 is 1.77 bits per heavy atom. The Balaban J connectivity index is 0.000000289. The average molecular weight is 1040 g/mol. The molecule has 19 heteroatoms. The molecule has 3 aliphatic heterocycles. The van der Waals surface area contributed by atoms with Gasteiger partial charge >= 0.3 is 35.5 Å². The predicted molar refractivity (Wildman–Crippen MR) is 281 cm³/mol. The number of imide groups is 1. The van der Waals surface area contributed by atoms with Gasteiger partial charge in [-0.05, 0) is 108 Å². The molecule has 0 spiro atoms. The zero-order chi connectivity index (χ0) is 51.4. The van der Waals surface area contributed by atoms with Gasteiger partial charge in [0.1, 0.15) is 18.9 Å². The molecule has 4 heterocycles. The van der Waals surface area contributed by atoms with Gasteiger partial charge in [-0.3, -0.25) is 29.4 Å². The number of rotatable bonds is 17. The van der Waals surface area contributed by atoms with Gasteiger partial charge in [0.05, 0.1) is 22.9 Å². The SMILES string of the molecule is CC(C)N(C=O)c1cc(C2CCN(CC=O)CC2)ccc1N(C)C1CCC(=O)NC1=O.CNc1cccc(CSN2CC=CCC2(C)C)c1.CO.O=CCOc1c(C(=O)O)sc(-c2c[c-]ccc2)c1Cl.[Na+]. The van der Waals surface area contributed by atoms with Crippen molar-refractivity contribution < 1.29 is 73.3 Å². The van der Waals surface area contributed by atoms with Crippen molar-refractivity contribution in [3.63, 3.8) is 0 Å². The molecule has 15 nitrogen and oxygen atoms in total. The number of aldehydes is 2. The molecular weight excluding hydrogens is 975 g/mol. The number of piperidine rings is 2. The minimum atomic E-state index is -1.14. The van der Waals surface area contributed by atoms with E-state index in [1.54, 1.807) is 29.2 Å². The van der Waals surface area contributed by atoms with E-state index in [1.807, 2.05) is 50.9 Å². The van der Waals surface area contributed by atoms with Crippen molar-refractivity contribution in [2.75, 3.05) is 69.1 Å². The summed E-state index contributed by atoms with van der Waals surface area (Å²) in [5.74, 6) is -0.269. The van der Waals surface area contributed by atoms with Gasteiger partial charge in [0, 0.05) is 62.1 Å². The molecule has 1 atom stereocenters. The molecule has 1 aromatic heterocycles. The van der Waals surface area contributed by atoms with Gasteiger partial charge in [-0.2, -0.15) is 30.3 Å². The number of hydrogen-bond donors (Lipinski definition) is 4. The van der Waals surface area contributed by atoms with E-state index in [2.05, 4.69) is 88.3 Å². The summed E-state index contributed by atoms with van der Waals surface area (Å²) >= 11 is 9.07. The second kappa shape index (κ2) is 30.5. The molecule has 0 bridgehead atoms. The minimum Gasteiger partial charge on any atom is -0.483 e. The van der Waals surface area contributed by atoms with Gasteiger partial charge in [0.15, 0.2) is 16.9 Å². The molecule has 71 heavy (non-hydrogen) atoms. The summed E-state index contributed by atoms with van der Waals surface area (Å²) in [4.78, 5) is 74.4. The Labute approximate surface area is 453 Å². The van der Waals surface area contributed by atoms with Crippen LogP contribution in [0.25, 0.3) is 10.4 Å². The average Bonchev–Trinajstić information content (AvgIpc) is 3.70. The molecule has 3 amide bonds. The number of aromatic carboxylic acids is 1. The molecule has 2 saturated heterocycles. The summed E-state index contributed by atoms with van der Waals surface area (Å²) in [6.45, 7) is 11.6. The second-order valence-electron chi connectivity index (χ2n) is 17.4. The van der Waals surface area contributed by atoms with Gasteiger partial charge in [0.2, 0.25) is 18.2 Å². The van der Waals surface area contributed by atoms with Crippen molar-refractivity contribution in [3.05, 3.63) is 106 Å². The smallest absolute Gasteiger partial charge is 0.483 e. The number of likely N-dealkylation sites (tertiary alicyclic amines) is 1. The van der Waals surface area contributed by atoms with Gasteiger partial charge in [-0.15, -0.1) is 16.9 Å². The van der Waals surface area contributed by atoms with E-state index in [0.717, 1.165) is 98.3 Å². The fourth-order valence-corrected chi connectivity index (χ4v) is 10.6. The van der Waals surface area contributed by atoms with Crippen molar-refractivity contribution in [3.8, 4) is 16.2 Å². The molecule has 3 aromatic carbocycles. The molecule has 3 aliphatic rings. The van der Waals surface area contributed by atoms with Crippen LogP contribution in [0.2, 0.25) is 5.02 Å². The number of carbonyl (C=O) groups is 6. The zero-order valence-electron chi connectivity index (χ0n) is 42.0. The quantitative estimate of drug-likeness (QED) is 0.0265. The number of likely N-dealkylation sites (N-methyl/N-ethyl adjacent to an activating group) is 1. The second-order valence-corrected chi connectivity index (χ2v) is 19.8. The van der Waals surface area contributed by atoms with Crippen LogP contribution >= 0.6 is 34.9 Å². The third kappa shape index (κ3) is 17.3. The van der Waals surface area contributed by atoms with Crippen LogP contribution in [0.4, 0.5) is 17.1 Å². The molecule has 0 aliphatic carbocycles. The fraction of sp³-hybridized carbons (Fsp3) is 0.423. The number of ether oxygens (including phenoxy) is 1. The van der Waals surface area contributed by atoms with E-state index < -0.39 is 12.0 Å². The van der Waals surface area contributed by atoms with E-state index in [0.29, 0.717) is 36.5 Å². The minimum absolute atomic E-state index is 0. The summed E-state index contributed by atoms with van der Waals surface area (Å²) in [7, 11) is 4.80. The van der Waals surface area contributed by atoms with Gasteiger partial charge in [-0.1, -0.05) is 53.9 Å². The van der Waals surface area contributed by atoms with Gasteiger partial charge < -0.3 is 34.9 Å². The first-order chi connectivity index (χ1) is 33.6. The maximum absolute atomic E-state index is 12.4. The zero-order valence-corrected chi connectivity index (χ0v) is 46.4. The molecule has 1 unspecified atom stereocenters. The third-order valence-electron chi connectivity index (χ3n) is 12.0. The number of aliphatic hydroxyl groups excluding tert-OH is 1. The standard InChI is InChI=1S/C23H32N4O4.C15H22N2S.C13H8ClO4S.CH4O.Na/c1-16(2)27(15-29)21-14-18(17-8-10-26(11-9-17)12-13-28)4-5-19(21)25(3)20-6-7-22(30)24-23(20)31;1-15(2)9-4-5-10-17(15)18-12-13-7-6-8-14(11-13)16-3;14-9-10(18-7-6-15)12(13(16)17)19-11(9)8-4-2-1-3-5-8;1-2;/h4-5,13-17,20H,6-12H2,1-3H3,(H,24,30,31);4-8,11,16H,9-10,12H2,1-3H3;1-2,4-6H,7H2,(H,16,17);2H,1H3;/q;;-1;;+1. The Morgan fingerprint density at radius 1 is 1.04 bits per heavy atom. The number of benzene rings is 3. The largest absolute Gasteiger partial charge is 1.00 e. The molecular formula is C52H66ClN6NaO9S2. The summed E-state index contributed by atoms with van der Waals surface area (Å²) in [5, 5.41) is 21.9. The third-order valence-corrected chi connectivity index (χ3v) is 15.1. The molecule has 7 rings (SSSR count). The molecule has 4 aromatic rings. The Bertz CT molecular complexity index is 2400. The molecule has 2 fully saturated rings. The summed E-state index contributed by atoms with van der Waals surface area (Å²) < 4.78 is 7.59. The first-order valence-electron chi connectivity index (χ1n) is 23.1. The Kier molecular flexibility index (Phi) is 26.1. The van der Waals surface area contributed by atoms with Crippen LogP contribution in [0, 0.1) is 6.07 Å². The first-order valence-corrected chi connectivity index (χ1v) is 25.2. The molecule has 4 N–H and O–H groups in total. The first kappa shape index (κ1) is 60.7. The molecule has 378 valence electrons. The number of hydrogen-bond acceptors (Lipinski definition) is 14. The number of amides is 3. The fourth-order valence-electron chi connectivity index (χ4n) is 8.12. The topological polar surface area (TPSA) is 189 Å². The number of carbonyl (C=O) groups excluding carboxylic acids is 5. The molecule has 0 saturated carbocycles. The summed E-state index contributed by atoms with van der Waals surface area (Å²) in [6, 6.07) is 24.1. The van der Waals surface area contributed by atoms with Crippen molar-refractivity contribution in [2.45, 2.75) is 89.1 Å². The van der Waals surface area contributed by atoms with Gasteiger partial charge in [0.25, 0.3) is 0 Å². The predicted octanol–water partition coefficient (Wildman–Crippen LogP) is 5.35. The number of carboxylic acids is 1. The van der Waals surface area contributed by atoms with Crippen LogP contribution in [-0.4, -0.2) is 128 Å². The maximum Gasteiger partial charge on any atom is 1.00 e. The van der Waals surface area contributed by atoms with Crippen molar-refractivity contribution in [2.24, 2.45) is 0 Å². The van der Waals surface area contributed by atoms with Crippen molar-refractivity contribution in [1.29, 1.82) is 0 Å². The van der Waals surface area contributed by atoms with Crippen molar-refractivity contribution in [1.82, 2.24) is 14.5 Å². The number of nitrogens with zero attached hydrogens (tertiary/aromatic N) is 4. The van der Waals surface area contributed by atoms with Crippen LogP contribution in [0.15, 0.2) is 78.9 Å². The number of halogens is 1. The Morgan fingerprint density at radius 3 is 2.37 bits per heavy atom. The maximum atomic E-state index is 12.4. The van der Waals surface area contributed by atoms with E-state index in [4.69, 9.17) is 26.6 Å². The monoisotopic (exact) mass is 1040 g/mol. The van der Waals surface area contributed by atoms with E-state index in [1.165, 1.54) is 11.3 Å². The Hall–Kier alpha value is -4.56. The summed E-state index contributed by atoms with van der Waals surface area (Å²) in [6.07, 6.45) is 10.7. The number of nitrogens with one attached hydrogen (secondary N) is 2. The van der Waals surface area contributed by atoms with E-state index >= 15 is 0 Å². The number of anilines is 3. The van der Waals surface area contributed by atoms with Crippen LogP contribution < -0.4 is 54.7 Å². The van der Waals surface area contributed by atoms with Gasteiger partial charge in [-0.25, -0.2) is 9.10 Å². The van der Waals surface area contributed by atoms with Crippen LogP contribution in [0.1, 0.15) is 86.5 Å². The van der Waals surface area contributed by atoms with E-state index in [-0.39, 0.29) is 75.2 Å². The van der Waals surface area contributed by atoms with Crippen LogP contribution in [0.3, 0.4) is 0 Å². The van der Waals surface area contributed by atoms with Crippen molar-refractivity contribution >= 4 is 88.7 Å². The number of thiophene rings is 1. The summed E-state index contributed by atoms with van der Waals surface area (Å²) in [5.41, 5.74) is 6.29. The van der Waals surface area contributed by atoms with E-state index in [9.17, 15) is 28.8 Å².